The van der Waals surface area contributed by atoms with Gasteiger partial charge in [-0.05, 0) is 74.4 Å². The zero-order valence-electron chi connectivity index (χ0n) is 17.0. The van der Waals surface area contributed by atoms with Gasteiger partial charge in [0.05, 0.1) is 0 Å². The number of carbonyl (C=O) groups is 2. The second kappa shape index (κ2) is 9.46. The number of ether oxygens (including phenoxy) is 1. The Morgan fingerprint density at radius 3 is 2.23 bits per heavy atom. The van der Waals surface area contributed by atoms with Crippen LogP contribution in [0.15, 0.2) is 66.7 Å². The van der Waals surface area contributed by atoms with Gasteiger partial charge < -0.3 is 15.4 Å². The number of benzene rings is 3. The number of nitrogens with one attached hydrogen (secondary N) is 2. The predicted octanol–water partition coefficient (Wildman–Crippen LogP) is 5.62. The SMILES string of the molecule is Cc1ccccc1NC(=O)c1ccc(O[C@H](C)C(=O)Nc2cccc(Cl)c2C)cc1. The molecule has 0 aromatic heterocycles. The average Bonchev–Trinajstić information content (AvgIpc) is 2.73. The monoisotopic (exact) mass is 422 g/mol. The Labute approximate surface area is 181 Å². The number of para-hydroxylation sites is 1. The van der Waals surface area contributed by atoms with Gasteiger partial charge in [-0.3, -0.25) is 9.59 Å². The van der Waals surface area contributed by atoms with Crippen LogP contribution in [0.4, 0.5) is 11.4 Å². The first-order chi connectivity index (χ1) is 14.3. The minimum atomic E-state index is -0.727. The van der Waals surface area contributed by atoms with Crippen molar-refractivity contribution in [2.75, 3.05) is 10.6 Å². The van der Waals surface area contributed by atoms with Crippen molar-refractivity contribution in [3.63, 3.8) is 0 Å². The zero-order chi connectivity index (χ0) is 21.7. The summed E-state index contributed by atoms with van der Waals surface area (Å²) in [4.78, 5) is 24.9. The Morgan fingerprint density at radius 2 is 1.53 bits per heavy atom. The molecule has 0 unspecified atom stereocenters. The van der Waals surface area contributed by atoms with Crippen molar-refractivity contribution >= 4 is 34.8 Å². The quantitative estimate of drug-likeness (QED) is 0.542. The van der Waals surface area contributed by atoms with Gasteiger partial charge in [-0.15, -0.1) is 0 Å². The number of hydrogen-bond donors (Lipinski definition) is 2. The van der Waals surface area contributed by atoms with Crippen molar-refractivity contribution < 1.29 is 14.3 Å². The topological polar surface area (TPSA) is 67.4 Å². The molecule has 0 aliphatic rings. The van der Waals surface area contributed by atoms with Crippen molar-refractivity contribution in [3.05, 3.63) is 88.4 Å². The molecule has 30 heavy (non-hydrogen) atoms. The summed E-state index contributed by atoms with van der Waals surface area (Å²) in [5.41, 5.74) is 3.69. The molecular formula is C24H23ClN2O3. The molecule has 0 aliphatic heterocycles. The number of anilines is 2. The minimum Gasteiger partial charge on any atom is -0.481 e. The molecule has 0 bridgehead atoms. The molecule has 154 valence electrons. The molecule has 3 aromatic carbocycles. The van der Waals surface area contributed by atoms with Gasteiger partial charge in [0, 0.05) is 22.0 Å². The molecule has 0 fully saturated rings. The highest BCUT2D eigenvalue weighted by atomic mass is 35.5. The Balaban J connectivity index is 1.60. The second-order valence-electron chi connectivity index (χ2n) is 6.96. The number of rotatable bonds is 6. The summed E-state index contributed by atoms with van der Waals surface area (Å²) in [6.45, 7) is 5.43. The first kappa shape index (κ1) is 21.4. The molecule has 2 N–H and O–H groups in total. The third kappa shape index (κ3) is 5.19. The first-order valence-electron chi connectivity index (χ1n) is 9.55. The maximum Gasteiger partial charge on any atom is 0.265 e. The lowest BCUT2D eigenvalue weighted by molar-refractivity contribution is -0.122. The highest BCUT2D eigenvalue weighted by molar-refractivity contribution is 6.31. The van der Waals surface area contributed by atoms with E-state index in [2.05, 4.69) is 10.6 Å². The van der Waals surface area contributed by atoms with Gasteiger partial charge in [0.15, 0.2) is 6.10 Å². The van der Waals surface area contributed by atoms with Crippen LogP contribution >= 0.6 is 11.6 Å². The molecule has 5 nitrogen and oxygen atoms in total. The van der Waals surface area contributed by atoms with Crippen molar-refractivity contribution in [3.8, 4) is 5.75 Å². The highest BCUT2D eigenvalue weighted by Crippen LogP contribution is 2.23. The lowest BCUT2D eigenvalue weighted by Gasteiger charge is -2.16. The third-order valence-corrected chi connectivity index (χ3v) is 5.13. The fourth-order valence-corrected chi connectivity index (χ4v) is 3.00. The number of carbonyl (C=O) groups excluding carboxylic acids is 2. The summed E-state index contributed by atoms with van der Waals surface area (Å²) in [7, 11) is 0. The van der Waals surface area contributed by atoms with Gasteiger partial charge in [-0.25, -0.2) is 0 Å². The summed E-state index contributed by atoms with van der Waals surface area (Å²) in [6, 6.07) is 19.6. The number of hydrogen-bond acceptors (Lipinski definition) is 3. The molecule has 0 saturated carbocycles. The van der Waals surface area contributed by atoms with Crippen LogP contribution in [0, 0.1) is 13.8 Å². The fraction of sp³-hybridized carbons (Fsp3) is 0.167. The van der Waals surface area contributed by atoms with E-state index in [0.29, 0.717) is 22.0 Å². The van der Waals surface area contributed by atoms with Crippen molar-refractivity contribution in [2.45, 2.75) is 26.9 Å². The Hall–Kier alpha value is -3.31. The van der Waals surface area contributed by atoms with E-state index in [4.69, 9.17) is 16.3 Å². The van der Waals surface area contributed by atoms with E-state index in [1.54, 1.807) is 49.4 Å². The van der Waals surface area contributed by atoms with Crippen molar-refractivity contribution in [1.29, 1.82) is 0 Å². The van der Waals surface area contributed by atoms with Crippen LogP contribution in [-0.2, 0) is 4.79 Å². The normalized spacial score (nSPS) is 11.5. The van der Waals surface area contributed by atoms with Gasteiger partial charge in [0.25, 0.3) is 11.8 Å². The van der Waals surface area contributed by atoms with Gasteiger partial charge in [0.1, 0.15) is 5.75 Å². The lowest BCUT2D eigenvalue weighted by Crippen LogP contribution is -2.30. The standard InChI is InChI=1S/C24H23ClN2O3/c1-15-7-4-5-9-21(15)26-24(29)18-11-13-19(14-12-18)30-17(3)23(28)27-22-10-6-8-20(25)16(22)2/h4-14,17H,1-3H3,(H,26,29)(H,27,28)/t17-/m1/s1. The largest absolute Gasteiger partial charge is 0.481 e. The molecule has 0 radical (unpaired) electrons. The molecular weight excluding hydrogens is 400 g/mol. The van der Waals surface area contributed by atoms with Crippen molar-refractivity contribution in [2.24, 2.45) is 0 Å². The highest BCUT2D eigenvalue weighted by Gasteiger charge is 2.17. The van der Waals surface area contributed by atoms with E-state index in [1.165, 1.54) is 0 Å². The molecule has 2 amide bonds. The summed E-state index contributed by atoms with van der Waals surface area (Å²) in [6.07, 6.45) is -0.727. The van der Waals surface area contributed by atoms with Gasteiger partial charge in [-0.2, -0.15) is 0 Å². The Kier molecular flexibility index (Phi) is 6.75. The zero-order valence-corrected chi connectivity index (χ0v) is 17.8. The summed E-state index contributed by atoms with van der Waals surface area (Å²) >= 11 is 6.09. The number of halogens is 1. The van der Waals surface area contributed by atoms with E-state index >= 15 is 0 Å². The lowest BCUT2D eigenvalue weighted by atomic mass is 10.1. The Morgan fingerprint density at radius 1 is 0.867 bits per heavy atom. The van der Waals surface area contributed by atoms with Crippen LogP contribution in [0.5, 0.6) is 5.75 Å². The molecule has 6 heteroatoms. The fourth-order valence-electron chi connectivity index (χ4n) is 2.83. The molecule has 0 saturated heterocycles. The maximum atomic E-state index is 12.4. The van der Waals surface area contributed by atoms with E-state index in [-0.39, 0.29) is 11.8 Å². The number of aryl methyl sites for hydroxylation is 1. The minimum absolute atomic E-state index is 0.210. The van der Waals surface area contributed by atoms with Gasteiger partial charge >= 0.3 is 0 Å². The van der Waals surface area contributed by atoms with Gasteiger partial charge in [-0.1, -0.05) is 35.9 Å². The summed E-state index contributed by atoms with van der Waals surface area (Å²) < 4.78 is 5.71. The second-order valence-corrected chi connectivity index (χ2v) is 7.36. The van der Waals surface area contributed by atoms with Crippen LogP contribution in [0.1, 0.15) is 28.4 Å². The Bertz CT molecular complexity index is 1060. The average molecular weight is 423 g/mol. The molecule has 3 aromatic rings. The smallest absolute Gasteiger partial charge is 0.265 e. The predicted molar refractivity (Wildman–Crippen MR) is 120 cm³/mol. The molecule has 0 heterocycles. The summed E-state index contributed by atoms with van der Waals surface area (Å²) in [5, 5.41) is 6.29. The van der Waals surface area contributed by atoms with Crippen molar-refractivity contribution in [1.82, 2.24) is 0 Å². The molecule has 1 atom stereocenters. The molecule has 0 aliphatic carbocycles. The van der Waals surface area contributed by atoms with E-state index in [1.807, 2.05) is 38.1 Å². The van der Waals surface area contributed by atoms with Crippen LogP contribution in [0.3, 0.4) is 0 Å². The van der Waals surface area contributed by atoms with Crippen LogP contribution < -0.4 is 15.4 Å². The van der Waals surface area contributed by atoms with E-state index in [9.17, 15) is 9.59 Å². The van der Waals surface area contributed by atoms with Crippen LogP contribution in [0.25, 0.3) is 0 Å². The van der Waals surface area contributed by atoms with Crippen LogP contribution in [0.2, 0.25) is 5.02 Å². The van der Waals surface area contributed by atoms with Crippen LogP contribution in [-0.4, -0.2) is 17.9 Å². The molecule has 3 rings (SSSR count). The maximum absolute atomic E-state index is 12.4. The van der Waals surface area contributed by atoms with E-state index in [0.717, 1.165) is 16.8 Å². The summed E-state index contributed by atoms with van der Waals surface area (Å²) in [5.74, 6) is -0.00674. The van der Waals surface area contributed by atoms with E-state index < -0.39 is 6.10 Å². The third-order valence-electron chi connectivity index (χ3n) is 4.72. The van der Waals surface area contributed by atoms with Gasteiger partial charge in [0.2, 0.25) is 0 Å². The molecule has 0 spiro atoms. The first-order valence-corrected chi connectivity index (χ1v) is 9.92. The number of amides is 2.